The minimum atomic E-state index is 0.253. The van der Waals surface area contributed by atoms with Crippen molar-refractivity contribution < 1.29 is 4.84 Å². The molecule has 0 unspecified atom stereocenters. The van der Waals surface area contributed by atoms with Gasteiger partial charge < -0.3 is 10.2 Å². The molecule has 29 heavy (non-hydrogen) atoms. The fraction of sp³-hybridized carbons (Fsp3) is 0.885. The van der Waals surface area contributed by atoms with Crippen LogP contribution in [0.25, 0.3) is 0 Å². The summed E-state index contributed by atoms with van der Waals surface area (Å²) in [6.45, 7) is 12.5. The molecule has 5 aliphatic carbocycles. The highest BCUT2D eigenvalue weighted by atomic mass is 16.6. The average Bonchev–Trinajstić information content (AvgIpc) is 3.24. The normalized spacial score (nSPS) is 52.6. The Morgan fingerprint density at radius 1 is 1.03 bits per heavy atom. The van der Waals surface area contributed by atoms with E-state index in [-0.39, 0.29) is 5.41 Å². The Bertz CT molecular complexity index is 784. The molecule has 0 aromatic heterocycles. The Labute approximate surface area is 178 Å². The predicted octanol–water partition coefficient (Wildman–Crippen LogP) is 5.96. The van der Waals surface area contributed by atoms with Crippen molar-refractivity contribution in [1.29, 1.82) is 0 Å². The molecule has 7 atom stereocenters. The number of rotatable bonds is 3. The molecule has 0 aromatic carbocycles. The summed E-state index contributed by atoms with van der Waals surface area (Å²) in [4.78, 5) is 5.16. The fourth-order valence-electron chi connectivity index (χ4n) is 10.1. The van der Waals surface area contributed by atoms with Crippen molar-refractivity contribution >= 4 is 5.71 Å². The summed E-state index contributed by atoms with van der Waals surface area (Å²) >= 11 is 0. The van der Waals surface area contributed by atoms with Crippen molar-refractivity contribution in [1.82, 2.24) is 5.32 Å². The lowest BCUT2D eigenvalue weighted by molar-refractivity contribution is -0.126. The first kappa shape index (κ1) is 20.1. The lowest BCUT2D eigenvalue weighted by atomic mass is 9.42. The first-order valence-corrected chi connectivity index (χ1v) is 12.1. The van der Waals surface area contributed by atoms with Crippen molar-refractivity contribution in [3.8, 4) is 0 Å². The van der Waals surface area contributed by atoms with Crippen LogP contribution in [0.1, 0.15) is 86.0 Å². The second kappa shape index (κ2) is 5.90. The van der Waals surface area contributed by atoms with Gasteiger partial charge in [0.1, 0.15) is 7.11 Å². The van der Waals surface area contributed by atoms with Crippen molar-refractivity contribution in [2.45, 2.75) is 92.0 Å². The number of nitrogens with zero attached hydrogens (tertiary/aromatic N) is 1. The first-order chi connectivity index (χ1) is 13.6. The molecule has 0 saturated heterocycles. The molecule has 3 nitrogen and oxygen atoms in total. The van der Waals surface area contributed by atoms with E-state index in [0.717, 1.165) is 17.5 Å². The van der Waals surface area contributed by atoms with E-state index in [1.54, 1.807) is 7.11 Å². The lowest BCUT2D eigenvalue weighted by Gasteiger charge is -2.63. The summed E-state index contributed by atoms with van der Waals surface area (Å²) in [7, 11) is 3.86. The third-order valence-electron chi connectivity index (χ3n) is 11.6. The Balaban J connectivity index is 1.50. The van der Waals surface area contributed by atoms with E-state index in [1.807, 2.05) is 0 Å². The van der Waals surface area contributed by atoms with E-state index in [1.165, 1.54) is 56.9 Å². The summed E-state index contributed by atoms with van der Waals surface area (Å²) in [5, 5.41) is 8.03. The van der Waals surface area contributed by atoms with Gasteiger partial charge in [-0.15, -0.1) is 0 Å². The third-order valence-corrected chi connectivity index (χ3v) is 11.6. The average molecular weight is 399 g/mol. The Morgan fingerprint density at radius 3 is 2.41 bits per heavy atom. The largest absolute Gasteiger partial charge is 0.399 e. The summed E-state index contributed by atoms with van der Waals surface area (Å²) in [6.07, 6.45) is 13.7. The predicted molar refractivity (Wildman–Crippen MR) is 120 cm³/mol. The van der Waals surface area contributed by atoms with E-state index in [0.29, 0.717) is 27.7 Å². The van der Waals surface area contributed by atoms with Gasteiger partial charge in [-0.25, -0.2) is 0 Å². The van der Waals surface area contributed by atoms with Crippen LogP contribution < -0.4 is 5.32 Å². The number of hydrogen-bond donors (Lipinski definition) is 1. The zero-order valence-corrected chi connectivity index (χ0v) is 19.8. The van der Waals surface area contributed by atoms with Gasteiger partial charge in [-0.1, -0.05) is 38.9 Å². The maximum atomic E-state index is 5.16. The van der Waals surface area contributed by atoms with Crippen LogP contribution in [0.5, 0.6) is 0 Å². The molecule has 1 N–H and O–H groups in total. The second-order valence-electron chi connectivity index (χ2n) is 12.3. The standard InChI is InChI=1S/C26H42N2O/c1-17(28-29-7)18-10-12-24(5)20-9-8-19-22(2,3)21(27-6)11-13-25(19)16-26(20,25)15-14-23(18,24)4/h10,19-21,27H,8-9,11-16H2,1-7H3/b28-17-/t19-,20-,21-,23+,24-,25+,26-/m0/s1. The molecule has 3 heteroatoms. The molecule has 5 rings (SSSR count). The van der Waals surface area contributed by atoms with Crippen LogP contribution >= 0.6 is 0 Å². The zero-order chi connectivity index (χ0) is 20.9. The van der Waals surface area contributed by atoms with Crippen molar-refractivity contribution in [2.24, 2.45) is 44.1 Å². The van der Waals surface area contributed by atoms with Crippen LogP contribution in [0.2, 0.25) is 0 Å². The molecule has 0 bridgehead atoms. The zero-order valence-electron chi connectivity index (χ0n) is 19.8. The monoisotopic (exact) mass is 398 g/mol. The molecular weight excluding hydrogens is 356 g/mol. The third kappa shape index (κ3) is 2.12. The van der Waals surface area contributed by atoms with Crippen LogP contribution in [0, 0.1) is 38.9 Å². The molecule has 0 aliphatic heterocycles. The number of allylic oxidation sites excluding steroid dienone is 2. The van der Waals surface area contributed by atoms with Crippen LogP contribution in [0.3, 0.4) is 0 Å². The van der Waals surface area contributed by atoms with E-state index in [4.69, 9.17) is 4.84 Å². The van der Waals surface area contributed by atoms with Gasteiger partial charge in [0.15, 0.2) is 0 Å². The van der Waals surface area contributed by atoms with Gasteiger partial charge in [0.2, 0.25) is 0 Å². The van der Waals surface area contributed by atoms with E-state index < -0.39 is 0 Å². The number of hydrogen-bond acceptors (Lipinski definition) is 3. The van der Waals surface area contributed by atoms with Crippen molar-refractivity contribution in [2.75, 3.05) is 14.2 Å². The van der Waals surface area contributed by atoms with Gasteiger partial charge >= 0.3 is 0 Å². The van der Waals surface area contributed by atoms with Gasteiger partial charge in [0.25, 0.3) is 0 Å². The van der Waals surface area contributed by atoms with Gasteiger partial charge in [-0.2, -0.15) is 0 Å². The van der Waals surface area contributed by atoms with E-state index in [2.05, 4.69) is 58.2 Å². The Morgan fingerprint density at radius 2 is 1.72 bits per heavy atom. The van der Waals surface area contributed by atoms with Crippen LogP contribution in [-0.2, 0) is 4.84 Å². The summed E-state index contributed by atoms with van der Waals surface area (Å²) in [6, 6.07) is 0.685. The van der Waals surface area contributed by atoms with Crippen LogP contribution in [0.4, 0.5) is 0 Å². The van der Waals surface area contributed by atoms with Gasteiger partial charge in [-0.05, 0) is 104 Å². The number of oxime groups is 1. The summed E-state index contributed by atoms with van der Waals surface area (Å²) < 4.78 is 0. The molecule has 4 fully saturated rings. The van der Waals surface area contributed by atoms with Crippen molar-refractivity contribution in [3.63, 3.8) is 0 Å². The molecule has 5 aliphatic rings. The molecule has 0 radical (unpaired) electrons. The molecule has 0 heterocycles. The SMILES string of the molecule is CN[C@H]1CC[C@]23C[C@]24CC[C@]2(C)C(/C(C)=N\OC)=CC[C@@]2(C)[C@@H]4CC[C@H]3C1(C)C. The first-order valence-electron chi connectivity index (χ1n) is 12.1. The Hall–Kier alpha value is -0.830. The maximum absolute atomic E-state index is 5.16. The molecular formula is C26H42N2O. The minimum Gasteiger partial charge on any atom is -0.399 e. The van der Waals surface area contributed by atoms with Gasteiger partial charge in [-0.3, -0.25) is 0 Å². The van der Waals surface area contributed by atoms with E-state index >= 15 is 0 Å². The van der Waals surface area contributed by atoms with Gasteiger partial charge in [0, 0.05) is 11.5 Å². The summed E-state index contributed by atoms with van der Waals surface area (Å²) in [5.41, 5.74) is 4.89. The van der Waals surface area contributed by atoms with Crippen LogP contribution in [-0.4, -0.2) is 25.9 Å². The number of fused-ring (bicyclic) bond motifs is 2. The Kier molecular flexibility index (Phi) is 4.09. The van der Waals surface area contributed by atoms with Gasteiger partial charge in [0.05, 0.1) is 5.71 Å². The molecule has 162 valence electrons. The maximum Gasteiger partial charge on any atom is 0.106 e. The molecule has 4 saturated carbocycles. The number of nitrogens with one attached hydrogen (secondary N) is 1. The highest BCUT2D eigenvalue weighted by Crippen LogP contribution is 2.88. The topological polar surface area (TPSA) is 33.6 Å². The van der Waals surface area contributed by atoms with Crippen LogP contribution in [0.15, 0.2) is 16.8 Å². The lowest BCUT2D eigenvalue weighted by Crippen LogP contribution is -2.59. The minimum absolute atomic E-state index is 0.253. The summed E-state index contributed by atoms with van der Waals surface area (Å²) in [5.74, 6) is 1.77. The highest BCUT2D eigenvalue weighted by molar-refractivity contribution is 5.99. The smallest absolute Gasteiger partial charge is 0.106 e. The van der Waals surface area contributed by atoms with E-state index in [9.17, 15) is 0 Å². The van der Waals surface area contributed by atoms with Crippen molar-refractivity contribution in [3.05, 3.63) is 11.6 Å². The quantitative estimate of drug-likeness (QED) is 0.470. The highest BCUT2D eigenvalue weighted by Gasteiger charge is 2.81. The molecule has 0 aromatic rings. The second-order valence-corrected chi connectivity index (χ2v) is 12.3. The molecule has 2 spiro atoms. The molecule has 0 amide bonds. The fourth-order valence-corrected chi connectivity index (χ4v) is 10.1.